The molecule has 2 unspecified atom stereocenters. The van der Waals surface area contributed by atoms with Gasteiger partial charge in [-0.05, 0) is 20.5 Å². The van der Waals surface area contributed by atoms with Crippen LogP contribution in [0.25, 0.3) is 0 Å². The monoisotopic (exact) mass is 236 g/mol. The number of nitrogens with two attached hydrogens (primary N) is 1. The van der Waals surface area contributed by atoms with Crippen LogP contribution in [0.2, 0.25) is 0 Å². The summed E-state index contributed by atoms with van der Waals surface area (Å²) in [7, 11) is 3.75. The molecule has 0 aliphatic heterocycles. The molecule has 0 bridgehead atoms. The fourth-order valence-electron chi connectivity index (χ4n) is 0.560. The molecule has 0 fully saturated rings. The molecule has 0 saturated carbocycles. The molecule has 16 heavy (non-hydrogen) atoms. The first-order valence-electron chi connectivity index (χ1n) is 4.83. The zero-order valence-corrected chi connectivity index (χ0v) is 9.77. The minimum atomic E-state index is -1.64. The van der Waals surface area contributed by atoms with Crippen molar-refractivity contribution in [3.8, 4) is 0 Å². The van der Waals surface area contributed by atoms with Gasteiger partial charge in [0.05, 0.1) is 6.42 Å². The Hall–Kier alpha value is -1.18. The zero-order chi connectivity index (χ0) is 13.1. The van der Waals surface area contributed by atoms with E-state index in [-0.39, 0.29) is 0 Å². The standard InChI is InChI=1S/C7H13NO5.C2H7N/c1-2-5(8)13-7(12)4(9)3-6(10)11;1-3-2/h4-5,9H,2-3,8H2,1H3,(H,10,11);3H,1-2H3. The first-order valence-corrected chi connectivity index (χ1v) is 4.83. The Labute approximate surface area is 94.6 Å². The maximum Gasteiger partial charge on any atom is 0.337 e. The number of aliphatic hydroxyl groups is 1. The van der Waals surface area contributed by atoms with Crippen LogP contribution in [0, 0.1) is 0 Å². The predicted octanol–water partition coefficient (Wildman–Crippen LogP) is -1.10. The number of hydrogen-bond donors (Lipinski definition) is 4. The summed E-state index contributed by atoms with van der Waals surface area (Å²) in [5, 5.41) is 19.9. The highest BCUT2D eigenvalue weighted by molar-refractivity contribution is 5.80. The third-order valence-corrected chi connectivity index (χ3v) is 1.31. The van der Waals surface area contributed by atoms with E-state index >= 15 is 0 Å². The molecule has 5 N–H and O–H groups in total. The molecule has 7 heteroatoms. The summed E-state index contributed by atoms with van der Waals surface area (Å²) >= 11 is 0. The molecule has 0 heterocycles. The fraction of sp³-hybridized carbons (Fsp3) is 0.778. The van der Waals surface area contributed by atoms with Crippen LogP contribution in [0.5, 0.6) is 0 Å². The number of aliphatic hydroxyl groups excluding tert-OH is 1. The van der Waals surface area contributed by atoms with E-state index < -0.39 is 30.7 Å². The molecule has 0 aliphatic carbocycles. The van der Waals surface area contributed by atoms with Crippen molar-refractivity contribution < 1.29 is 24.5 Å². The highest BCUT2D eigenvalue weighted by Crippen LogP contribution is 1.98. The van der Waals surface area contributed by atoms with Gasteiger partial charge in [-0.1, -0.05) is 6.92 Å². The van der Waals surface area contributed by atoms with Gasteiger partial charge in [-0.25, -0.2) is 4.79 Å². The van der Waals surface area contributed by atoms with E-state index in [1.54, 1.807) is 6.92 Å². The Balaban J connectivity index is 0. The van der Waals surface area contributed by atoms with Crippen molar-refractivity contribution in [3.05, 3.63) is 0 Å². The van der Waals surface area contributed by atoms with E-state index in [1.807, 2.05) is 14.1 Å². The normalized spacial score (nSPS) is 13.1. The number of hydrogen-bond acceptors (Lipinski definition) is 6. The second kappa shape index (κ2) is 10.3. The molecule has 0 rings (SSSR count). The van der Waals surface area contributed by atoms with E-state index in [9.17, 15) is 9.59 Å². The van der Waals surface area contributed by atoms with Crippen LogP contribution in [0.15, 0.2) is 0 Å². The van der Waals surface area contributed by atoms with Crippen molar-refractivity contribution in [2.24, 2.45) is 5.73 Å². The van der Waals surface area contributed by atoms with Crippen LogP contribution >= 0.6 is 0 Å². The first kappa shape index (κ1) is 17.2. The van der Waals surface area contributed by atoms with Gasteiger partial charge in [0, 0.05) is 0 Å². The largest absolute Gasteiger partial charge is 0.481 e. The summed E-state index contributed by atoms with van der Waals surface area (Å²) in [6.07, 6.45) is -2.70. The van der Waals surface area contributed by atoms with Crippen LogP contribution in [-0.2, 0) is 14.3 Å². The molecule has 0 aromatic heterocycles. The molecule has 0 spiro atoms. The van der Waals surface area contributed by atoms with Gasteiger partial charge in [0.1, 0.15) is 0 Å². The van der Waals surface area contributed by atoms with Crippen LogP contribution in [0.4, 0.5) is 0 Å². The number of nitrogens with one attached hydrogen (secondary N) is 1. The van der Waals surface area contributed by atoms with Gasteiger partial charge in [0.15, 0.2) is 12.3 Å². The van der Waals surface area contributed by atoms with Crippen molar-refractivity contribution >= 4 is 11.9 Å². The number of carboxylic acid groups (broad SMARTS) is 1. The molecule has 0 amide bonds. The van der Waals surface area contributed by atoms with Crippen molar-refractivity contribution in [2.45, 2.75) is 32.1 Å². The highest BCUT2D eigenvalue weighted by Gasteiger charge is 2.21. The third kappa shape index (κ3) is 10.9. The predicted molar refractivity (Wildman–Crippen MR) is 57.6 cm³/mol. The first-order chi connectivity index (χ1) is 7.38. The van der Waals surface area contributed by atoms with Gasteiger partial charge in [0.2, 0.25) is 0 Å². The average molecular weight is 236 g/mol. The Bertz CT molecular complexity index is 210. The van der Waals surface area contributed by atoms with Crippen LogP contribution in [-0.4, -0.2) is 48.6 Å². The van der Waals surface area contributed by atoms with Crippen molar-refractivity contribution in [3.63, 3.8) is 0 Å². The van der Waals surface area contributed by atoms with Crippen molar-refractivity contribution in [1.82, 2.24) is 5.32 Å². The van der Waals surface area contributed by atoms with E-state index in [0.717, 1.165) is 0 Å². The van der Waals surface area contributed by atoms with Crippen LogP contribution in [0.3, 0.4) is 0 Å². The maximum absolute atomic E-state index is 10.8. The smallest absolute Gasteiger partial charge is 0.337 e. The summed E-state index contributed by atoms with van der Waals surface area (Å²) in [6, 6.07) is 0. The molecule has 0 radical (unpaired) electrons. The molecule has 96 valence electrons. The number of rotatable bonds is 5. The summed E-state index contributed by atoms with van der Waals surface area (Å²) in [5.41, 5.74) is 5.24. The van der Waals surface area contributed by atoms with Gasteiger partial charge >= 0.3 is 11.9 Å². The minimum absolute atomic E-state index is 0.408. The molecule has 0 aromatic rings. The van der Waals surface area contributed by atoms with Gasteiger partial charge in [-0.2, -0.15) is 0 Å². The summed E-state index contributed by atoms with van der Waals surface area (Å²) in [6.45, 7) is 1.70. The summed E-state index contributed by atoms with van der Waals surface area (Å²) < 4.78 is 4.49. The molecule has 0 saturated heterocycles. The number of carbonyl (C=O) groups is 2. The third-order valence-electron chi connectivity index (χ3n) is 1.31. The fourth-order valence-corrected chi connectivity index (χ4v) is 0.560. The van der Waals surface area contributed by atoms with Gasteiger partial charge < -0.3 is 20.3 Å². The lowest BCUT2D eigenvalue weighted by Crippen LogP contribution is -2.33. The molecular weight excluding hydrogens is 216 g/mol. The topological polar surface area (TPSA) is 122 Å². The number of aliphatic carboxylic acids is 1. The van der Waals surface area contributed by atoms with Crippen molar-refractivity contribution in [1.29, 1.82) is 0 Å². The number of carbonyl (C=O) groups excluding carboxylic acids is 1. The molecular formula is C9H20N2O5. The minimum Gasteiger partial charge on any atom is -0.481 e. The lowest BCUT2D eigenvalue weighted by molar-refractivity contribution is -0.162. The van der Waals surface area contributed by atoms with E-state index in [2.05, 4.69) is 10.1 Å². The quantitative estimate of drug-likeness (QED) is 0.353. The summed E-state index contributed by atoms with van der Waals surface area (Å²) in [4.78, 5) is 20.9. The second-order valence-corrected chi connectivity index (χ2v) is 3.00. The highest BCUT2D eigenvalue weighted by atomic mass is 16.6. The van der Waals surface area contributed by atoms with E-state index in [4.69, 9.17) is 15.9 Å². The number of ether oxygens (including phenoxy) is 1. The number of carboxylic acids is 1. The Morgan fingerprint density at radius 2 is 1.88 bits per heavy atom. The average Bonchev–Trinajstić information content (AvgIpc) is 2.17. The second-order valence-electron chi connectivity index (χ2n) is 3.00. The van der Waals surface area contributed by atoms with E-state index in [0.29, 0.717) is 6.42 Å². The molecule has 0 aromatic carbocycles. The van der Waals surface area contributed by atoms with Gasteiger partial charge in [-0.3, -0.25) is 10.5 Å². The lowest BCUT2D eigenvalue weighted by atomic mass is 10.2. The Morgan fingerprint density at radius 1 is 1.44 bits per heavy atom. The molecule has 0 aliphatic rings. The van der Waals surface area contributed by atoms with Crippen LogP contribution in [0.1, 0.15) is 19.8 Å². The van der Waals surface area contributed by atoms with Gasteiger partial charge in [0.25, 0.3) is 0 Å². The van der Waals surface area contributed by atoms with Crippen LogP contribution < -0.4 is 11.1 Å². The summed E-state index contributed by atoms with van der Waals surface area (Å²) in [5.74, 6) is -2.27. The molecule has 7 nitrogen and oxygen atoms in total. The Morgan fingerprint density at radius 3 is 2.19 bits per heavy atom. The van der Waals surface area contributed by atoms with Gasteiger partial charge in [-0.15, -0.1) is 0 Å². The SMILES string of the molecule is CCC(N)OC(=O)C(O)CC(=O)O.CNC. The Kier molecular flexibility index (Phi) is 11.1. The molecule has 2 atom stereocenters. The lowest BCUT2D eigenvalue weighted by Gasteiger charge is -2.13. The van der Waals surface area contributed by atoms with E-state index in [1.165, 1.54) is 0 Å². The van der Waals surface area contributed by atoms with Crippen molar-refractivity contribution in [2.75, 3.05) is 14.1 Å². The maximum atomic E-state index is 10.8. The number of esters is 1. The zero-order valence-electron chi connectivity index (χ0n) is 9.77.